The number of aryl methyl sites for hydroxylation is 1. The van der Waals surface area contributed by atoms with Gasteiger partial charge in [-0.2, -0.15) is 0 Å². The third-order valence-corrected chi connectivity index (χ3v) is 5.13. The summed E-state index contributed by atoms with van der Waals surface area (Å²) in [7, 11) is 1.93. The van der Waals surface area contributed by atoms with Crippen LogP contribution in [0, 0.1) is 5.92 Å². The Balaban J connectivity index is 1.55. The highest BCUT2D eigenvalue weighted by Crippen LogP contribution is 2.28. The van der Waals surface area contributed by atoms with Crippen molar-refractivity contribution in [3.63, 3.8) is 0 Å². The zero-order valence-electron chi connectivity index (χ0n) is 14.2. The minimum Gasteiger partial charge on any atom is -0.336 e. The van der Waals surface area contributed by atoms with Crippen LogP contribution in [0.3, 0.4) is 0 Å². The summed E-state index contributed by atoms with van der Waals surface area (Å²) in [6, 6.07) is 0.310. The molecule has 3 rings (SSSR count). The molecule has 24 heavy (non-hydrogen) atoms. The molecule has 2 heterocycles. The fourth-order valence-corrected chi connectivity index (χ4v) is 3.68. The average molecular weight is 335 g/mol. The van der Waals surface area contributed by atoms with Crippen LogP contribution in [0.5, 0.6) is 0 Å². The Labute approximate surface area is 142 Å². The molecule has 7 heteroatoms. The minimum atomic E-state index is -0.185. The molecule has 1 N–H and O–H groups in total. The Hall–Kier alpha value is -1.76. The zero-order chi connectivity index (χ0) is 16.9. The fraction of sp³-hybridized carbons (Fsp3) is 0.706. The fourth-order valence-electron chi connectivity index (χ4n) is 3.68. The van der Waals surface area contributed by atoms with Gasteiger partial charge in [-0.1, -0.05) is 12.8 Å². The summed E-state index contributed by atoms with van der Waals surface area (Å²) in [5, 5.41) is 11.5. The lowest BCUT2D eigenvalue weighted by atomic mass is 9.82. The van der Waals surface area contributed by atoms with Crippen molar-refractivity contribution in [2.45, 2.75) is 51.1 Å². The van der Waals surface area contributed by atoms with Gasteiger partial charge in [0.2, 0.25) is 5.91 Å². The molecule has 6 nitrogen and oxygen atoms in total. The number of carbonyl (C=O) groups excluding carboxylic acids is 1. The van der Waals surface area contributed by atoms with Gasteiger partial charge < -0.3 is 14.8 Å². The molecule has 0 unspecified atom stereocenters. The van der Waals surface area contributed by atoms with Gasteiger partial charge in [-0.05, 0) is 31.3 Å². The maximum Gasteiger partial charge on any atom is 0.223 e. The summed E-state index contributed by atoms with van der Waals surface area (Å²) in [6.45, 7) is 1.44. The maximum atomic E-state index is 13.4. The van der Waals surface area contributed by atoms with Crippen LogP contribution in [0.4, 0.5) is 4.39 Å². The predicted molar refractivity (Wildman–Crippen MR) is 88.6 cm³/mol. The van der Waals surface area contributed by atoms with E-state index in [1.54, 1.807) is 17.3 Å². The minimum absolute atomic E-state index is 0.0793. The van der Waals surface area contributed by atoms with E-state index in [0.717, 1.165) is 25.1 Å². The number of hydrogen-bond acceptors (Lipinski definition) is 4. The third-order valence-electron chi connectivity index (χ3n) is 5.13. The molecule has 1 amide bonds. The molecule has 2 atom stereocenters. The van der Waals surface area contributed by atoms with E-state index in [4.69, 9.17) is 0 Å². The molecule has 0 saturated heterocycles. The summed E-state index contributed by atoms with van der Waals surface area (Å²) < 4.78 is 15.3. The van der Waals surface area contributed by atoms with E-state index < -0.39 is 0 Å². The van der Waals surface area contributed by atoms with Crippen LogP contribution in [0.2, 0.25) is 0 Å². The molecule has 1 aromatic rings. The van der Waals surface area contributed by atoms with Crippen LogP contribution in [0.25, 0.3) is 0 Å². The van der Waals surface area contributed by atoms with Crippen LogP contribution in [0.1, 0.15) is 44.3 Å². The molecule has 0 spiro atoms. The standard InChI is InChI=1S/C17H26FN5O/c1-22-12-20-21-16(22)10-19-15-7-3-2-5-13(15)9-17(24)23-8-4-6-14(18)11-23/h6,12-13,15,19H,2-5,7-11H2,1H3/t13-,15-/m0/s1. The molecular formula is C17H26FN5O. The Morgan fingerprint density at radius 1 is 1.42 bits per heavy atom. The molecule has 1 aliphatic heterocycles. The first-order valence-electron chi connectivity index (χ1n) is 8.82. The van der Waals surface area contributed by atoms with Crippen LogP contribution in [-0.4, -0.2) is 44.7 Å². The van der Waals surface area contributed by atoms with Crippen LogP contribution in [0.15, 0.2) is 18.2 Å². The van der Waals surface area contributed by atoms with Gasteiger partial charge in [0.1, 0.15) is 18.0 Å². The number of hydrogen-bond donors (Lipinski definition) is 1. The highest BCUT2D eigenvalue weighted by atomic mass is 19.1. The first-order chi connectivity index (χ1) is 11.6. The number of rotatable bonds is 5. The van der Waals surface area contributed by atoms with Crippen molar-refractivity contribution in [3.05, 3.63) is 24.1 Å². The molecule has 0 radical (unpaired) electrons. The van der Waals surface area contributed by atoms with Crippen molar-refractivity contribution in [2.75, 3.05) is 13.1 Å². The number of amides is 1. The van der Waals surface area contributed by atoms with Gasteiger partial charge in [0.25, 0.3) is 0 Å². The summed E-state index contributed by atoms with van der Waals surface area (Å²) >= 11 is 0. The molecule has 2 aliphatic rings. The lowest BCUT2D eigenvalue weighted by Gasteiger charge is -2.34. The maximum absolute atomic E-state index is 13.4. The topological polar surface area (TPSA) is 63.1 Å². The third kappa shape index (κ3) is 4.20. The van der Waals surface area contributed by atoms with Crippen molar-refractivity contribution >= 4 is 5.91 Å². The number of nitrogens with zero attached hydrogens (tertiary/aromatic N) is 4. The van der Waals surface area contributed by atoms with E-state index in [-0.39, 0.29) is 18.3 Å². The van der Waals surface area contributed by atoms with E-state index in [1.165, 1.54) is 6.42 Å². The Kier molecular flexibility index (Phi) is 5.60. The van der Waals surface area contributed by atoms with E-state index in [2.05, 4.69) is 15.5 Å². The molecule has 1 aliphatic carbocycles. The van der Waals surface area contributed by atoms with Gasteiger partial charge in [0.05, 0.1) is 13.1 Å². The van der Waals surface area contributed by atoms with E-state index >= 15 is 0 Å². The second kappa shape index (κ2) is 7.88. The molecule has 1 fully saturated rings. The lowest BCUT2D eigenvalue weighted by Crippen LogP contribution is -2.43. The summed E-state index contributed by atoms with van der Waals surface area (Å²) in [4.78, 5) is 14.2. The Bertz CT molecular complexity index is 600. The van der Waals surface area contributed by atoms with Crippen molar-refractivity contribution < 1.29 is 9.18 Å². The zero-order valence-corrected chi connectivity index (χ0v) is 14.2. The molecule has 132 valence electrons. The van der Waals surface area contributed by atoms with Gasteiger partial charge in [-0.3, -0.25) is 4.79 Å². The Morgan fingerprint density at radius 2 is 2.25 bits per heavy atom. The normalized spacial score (nSPS) is 24.8. The van der Waals surface area contributed by atoms with Gasteiger partial charge in [-0.15, -0.1) is 10.2 Å². The van der Waals surface area contributed by atoms with E-state index in [0.29, 0.717) is 37.9 Å². The molecule has 1 saturated carbocycles. The Morgan fingerprint density at radius 3 is 3.00 bits per heavy atom. The number of nitrogens with one attached hydrogen (secondary N) is 1. The van der Waals surface area contributed by atoms with Gasteiger partial charge in [0, 0.05) is 26.1 Å². The van der Waals surface area contributed by atoms with Gasteiger partial charge in [0.15, 0.2) is 0 Å². The number of carbonyl (C=O) groups is 1. The van der Waals surface area contributed by atoms with Crippen molar-refractivity contribution in [2.24, 2.45) is 13.0 Å². The summed E-state index contributed by atoms with van der Waals surface area (Å²) in [6.07, 6.45) is 8.86. The lowest BCUT2D eigenvalue weighted by molar-refractivity contribution is -0.132. The second-order valence-corrected chi connectivity index (χ2v) is 6.85. The monoisotopic (exact) mass is 335 g/mol. The van der Waals surface area contributed by atoms with E-state index in [1.807, 2.05) is 11.6 Å². The van der Waals surface area contributed by atoms with Crippen molar-refractivity contribution in [1.29, 1.82) is 0 Å². The van der Waals surface area contributed by atoms with Gasteiger partial charge >= 0.3 is 0 Å². The predicted octanol–water partition coefficient (Wildman–Crippen LogP) is 1.94. The summed E-state index contributed by atoms with van der Waals surface area (Å²) in [5.41, 5.74) is 0. The van der Waals surface area contributed by atoms with Crippen molar-refractivity contribution in [3.8, 4) is 0 Å². The number of halogens is 1. The molecule has 1 aromatic heterocycles. The quantitative estimate of drug-likeness (QED) is 0.893. The smallest absolute Gasteiger partial charge is 0.223 e. The van der Waals surface area contributed by atoms with Crippen molar-refractivity contribution in [1.82, 2.24) is 25.0 Å². The largest absolute Gasteiger partial charge is 0.336 e. The average Bonchev–Trinajstić information content (AvgIpc) is 2.99. The number of aromatic nitrogens is 3. The molecule has 0 bridgehead atoms. The highest BCUT2D eigenvalue weighted by Gasteiger charge is 2.29. The van der Waals surface area contributed by atoms with Crippen LogP contribution >= 0.6 is 0 Å². The first kappa shape index (κ1) is 17.1. The van der Waals surface area contributed by atoms with Crippen LogP contribution < -0.4 is 5.32 Å². The van der Waals surface area contributed by atoms with Gasteiger partial charge in [-0.25, -0.2) is 4.39 Å². The highest BCUT2D eigenvalue weighted by molar-refractivity contribution is 5.77. The van der Waals surface area contributed by atoms with Crippen LogP contribution in [-0.2, 0) is 18.4 Å². The SMILES string of the molecule is Cn1cnnc1CN[C@H]1CCCC[C@H]1CC(=O)N1CCC=C(F)C1. The summed E-state index contributed by atoms with van der Waals surface area (Å²) in [5.74, 6) is 1.10. The molecule has 0 aromatic carbocycles. The second-order valence-electron chi connectivity index (χ2n) is 6.85. The van der Waals surface area contributed by atoms with E-state index in [9.17, 15) is 9.18 Å². The first-order valence-corrected chi connectivity index (χ1v) is 8.82. The molecular weight excluding hydrogens is 309 g/mol.